The van der Waals surface area contributed by atoms with Crippen LogP contribution in [0.2, 0.25) is 0 Å². The molecule has 2 atom stereocenters. The Morgan fingerprint density at radius 3 is 2.53 bits per heavy atom. The van der Waals surface area contributed by atoms with Crippen molar-refractivity contribution in [2.45, 2.75) is 25.0 Å². The molecule has 0 aromatic heterocycles. The molecule has 3 nitrogen and oxygen atoms in total. The van der Waals surface area contributed by atoms with Crippen LogP contribution in [0.1, 0.15) is 23.2 Å². The van der Waals surface area contributed by atoms with Crippen LogP contribution in [0.5, 0.6) is 0 Å². The summed E-state index contributed by atoms with van der Waals surface area (Å²) in [4.78, 5) is 11.9. The van der Waals surface area contributed by atoms with Gasteiger partial charge in [-0.3, -0.25) is 4.79 Å². The molecular formula is C12H13F2NO2. The molecule has 1 saturated heterocycles. The molecule has 17 heavy (non-hydrogen) atoms. The minimum Gasteiger partial charge on any atom is -0.366 e. The fourth-order valence-electron chi connectivity index (χ4n) is 1.97. The van der Waals surface area contributed by atoms with E-state index in [1.165, 1.54) is 6.07 Å². The molecule has 92 valence electrons. The summed E-state index contributed by atoms with van der Waals surface area (Å²) in [5.41, 5.74) is 4.89. The van der Waals surface area contributed by atoms with Gasteiger partial charge in [-0.05, 0) is 25.0 Å². The molecule has 0 bridgehead atoms. The summed E-state index contributed by atoms with van der Waals surface area (Å²) in [5.74, 6) is -2.35. The first-order chi connectivity index (χ1) is 8.13. The number of carbonyl (C=O) groups excluding carboxylic acids is 1. The van der Waals surface area contributed by atoms with Gasteiger partial charge in [-0.15, -0.1) is 0 Å². The van der Waals surface area contributed by atoms with Gasteiger partial charge in [-0.25, -0.2) is 8.78 Å². The van der Waals surface area contributed by atoms with Crippen molar-refractivity contribution in [3.63, 3.8) is 0 Å². The third-order valence-electron chi connectivity index (χ3n) is 2.87. The van der Waals surface area contributed by atoms with Crippen LogP contribution >= 0.6 is 0 Å². The Balaban J connectivity index is 2.21. The molecule has 0 amide bonds. The van der Waals surface area contributed by atoms with E-state index in [9.17, 15) is 13.6 Å². The molecule has 1 heterocycles. The van der Waals surface area contributed by atoms with E-state index in [2.05, 4.69) is 0 Å². The maximum Gasteiger partial charge on any atom is 0.197 e. The van der Waals surface area contributed by atoms with Gasteiger partial charge in [0.2, 0.25) is 0 Å². The van der Waals surface area contributed by atoms with Crippen molar-refractivity contribution in [3.05, 3.63) is 35.4 Å². The molecule has 0 radical (unpaired) electrons. The average molecular weight is 241 g/mol. The molecule has 0 aliphatic carbocycles. The Hall–Kier alpha value is -1.33. The quantitative estimate of drug-likeness (QED) is 0.819. The summed E-state index contributed by atoms with van der Waals surface area (Å²) >= 11 is 0. The van der Waals surface area contributed by atoms with Crippen LogP contribution in [0, 0.1) is 11.6 Å². The monoisotopic (exact) mass is 241 g/mol. The highest BCUT2D eigenvalue weighted by atomic mass is 19.1. The molecule has 5 heteroatoms. The van der Waals surface area contributed by atoms with Gasteiger partial charge >= 0.3 is 0 Å². The van der Waals surface area contributed by atoms with E-state index in [0.717, 1.165) is 12.1 Å². The van der Waals surface area contributed by atoms with Crippen molar-refractivity contribution in [3.8, 4) is 0 Å². The lowest BCUT2D eigenvalue weighted by Gasteiger charge is -2.12. The van der Waals surface area contributed by atoms with Crippen LogP contribution < -0.4 is 5.73 Å². The number of benzene rings is 1. The van der Waals surface area contributed by atoms with E-state index in [0.29, 0.717) is 19.4 Å². The minimum absolute atomic E-state index is 0.196. The van der Waals surface area contributed by atoms with E-state index in [1.54, 1.807) is 0 Å². The molecule has 1 aliphatic heterocycles. The highest BCUT2D eigenvalue weighted by Crippen LogP contribution is 2.24. The summed E-state index contributed by atoms with van der Waals surface area (Å²) in [6, 6.07) is 3.34. The van der Waals surface area contributed by atoms with Gasteiger partial charge in [-0.2, -0.15) is 0 Å². The highest BCUT2D eigenvalue weighted by Gasteiger charge is 2.33. The van der Waals surface area contributed by atoms with Crippen molar-refractivity contribution in [2.24, 2.45) is 5.73 Å². The van der Waals surface area contributed by atoms with Crippen molar-refractivity contribution >= 4 is 5.78 Å². The predicted octanol–water partition coefficient (Wildman–Crippen LogP) is 1.65. The van der Waals surface area contributed by atoms with Crippen molar-refractivity contribution in [1.82, 2.24) is 0 Å². The van der Waals surface area contributed by atoms with Crippen LogP contribution in [0.4, 0.5) is 8.78 Å². The number of halogens is 2. The first-order valence-corrected chi connectivity index (χ1v) is 5.47. The Morgan fingerprint density at radius 1 is 1.35 bits per heavy atom. The second kappa shape index (κ2) is 4.89. The molecule has 0 saturated carbocycles. The number of ketones is 1. The summed E-state index contributed by atoms with van der Waals surface area (Å²) in [6.07, 6.45) is 0.117. The molecule has 1 fully saturated rings. The van der Waals surface area contributed by atoms with Crippen molar-refractivity contribution < 1.29 is 18.3 Å². The number of nitrogens with two attached hydrogens (primary N) is 1. The first kappa shape index (κ1) is 12.1. The Labute approximate surface area is 97.6 Å². The van der Waals surface area contributed by atoms with Crippen LogP contribution in [0.3, 0.4) is 0 Å². The van der Waals surface area contributed by atoms with Gasteiger partial charge in [0.1, 0.15) is 17.7 Å². The second-order valence-electron chi connectivity index (χ2n) is 4.02. The second-order valence-corrected chi connectivity index (χ2v) is 4.02. The highest BCUT2D eigenvalue weighted by molar-refractivity contribution is 6.00. The third-order valence-corrected chi connectivity index (χ3v) is 2.87. The van der Waals surface area contributed by atoms with Gasteiger partial charge in [0, 0.05) is 6.54 Å². The first-order valence-electron chi connectivity index (χ1n) is 5.47. The van der Waals surface area contributed by atoms with Crippen molar-refractivity contribution in [2.75, 3.05) is 6.54 Å². The normalized spacial score (nSPS) is 23.9. The molecule has 1 aromatic carbocycles. The standard InChI is InChI=1S/C12H13F2NO2/c13-8-2-1-3-9(14)11(8)12(16)10-5-4-7(6-15)17-10/h1-3,7,10H,4-6,15H2. The van der Waals surface area contributed by atoms with E-state index in [-0.39, 0.29) is 6.10 Å². The Kier molecular flexibility index (Phi) is 3.49. The average Bonchev–Trinajstić information content (AvgIpc) is 2.77. The van der Waals surface area contributed by atoms with Gasteiger partial charge in [-0.1, -0.05) is 6.07 Å². The Bertz CT molecular complexity index is 416. The van der Waals surface area contributed by atoms with Crippen LogP contribution in [-0.2, 0) is 4.74 Å². The van der Waals surface area contributed by atoms with Gasteiger partial charge in [0.15, 0.2) is 5.78 Å². The third kappa shape index (κ3) is 2.35. The number of hydrogen-bond acceptors (Lipinski definition) is 3. The fraction of sp³-hybridized carbons (Fsp3) is 0.417. The molecule has 2 unspecified atom stereocenters. The van der Waals surface area contributed by atoms with E-state index in [1.807, 2.05) is 0 Å². The van der Waals surface area contributed by atoms with Gasteiger partial charge < -0.3 is 10.5 Å². The SMILES string of the molecule is NCC1CCC(C(=O)c2c(F)cccc2F)O1. The molecule has 0 spiro atoms. The predicted molar refractivity (Wildman–Crippen MR) is 57.6 cm³/mol. The van der Waals surface area contributed by atoms with Crippen LogP contribution in [0.15, 0.2) is 18.2 Å². The van der Waals surface area contributed by atoms with Crippen LogP contribution in [0.25, 0.3) is 0 Å². The number of ether oxygens (including phenoxy) is 1. The van der Waals surface area contributed by atoms with Crippen molar-refractivity contribution in [1.29, 1.82) is 0 Å². The molecule has 1 aromatic rings. The largest absolute Gasteiger partial charge is 0.366 e. The molecule has 1 aliphatic rings. The zero-order valence-electron chi connectivity index (χ0n) is 9.16. The Morgan fingerprint density at radius 2 is 2.00 bits per heavy atom. The topological polar surface area (TPSA) is 52.3 Å². The zero-order valence-corrected chi connectivity index (χ0v) is 9.16. The van der Waals surface area contributed by atoms with E-state index < -0.39 is 29.1 Å². The summed E-state index contributed by atoms with van der Waals surface area (Å²) in [7, 11) is 0. The lowest BCUT2D eigenvalue weighted by atomic mass is 10.0. The van der Waals surface area contributed by atoms with E-state index >= 15 is 0 Å². The summed E-state index contributed by atoms with van der Waals surface area (Å²) in [5, 5.41) is 0. The zero-order chi connectivity index (χ0) is 12.4. The number of hydrogen-bond donors (Lipinski definition) is 1. The fourth-order valence-corrected chi connectivity index (χ4v) is 1.97. The lowest BCUT2D eigenvalue weighted by Crippen LogP contribution is -2.26. The maximum atomic E-state index is 13.4. The maximum absolute atomic E-state index is 13.4. The summed E-state index contributed by atoms with van der Waals surface area (Å²) < 4.78 is 32.1. The minimum atomic E-state index is -0.852. The summed E-state index contributed by atoms with van der Waals surface area (Å²) in [6.45, 7) is 0.309. The molecule has 2 rings (SSSR count). The van der Waals surface area contributed by atoms with Gasteiger partial charge in [0.25, 0.3) is 0 Å². The smallest absolute Gasteiger partial charge is 0.197 e. The van der Waals surface area contributed by atoms with Crippen LogP contribution in [-0.4, -0.2) is 24.5 Å². The number of rotatable bonds is 3. The van der Waals surface area contributed by atoms with E-state index in [4.69, 9.17) is 10.5 Å². The molecule has 2 N–H and O–H groups in total. The lowest BCUT2D eigenvalue weighted by molar-refractivity contribution is 0.0397. The number of Topliss-reactive ketones (excluding diaryl/α,β-unsaturated/α-hetero) is 1. The number of carbonyl (C=O) groups is 1. The van der Waals surface area contributed by atoms with Gasteiger partial charge in [0.05, 0.1) is 11.7 Å². The molecular weight excluding hydrogens is 228 g/mol.